The average molecular weight is 447 g/mol. The maximum absolute atomic E-state index is 13.2. The van der Waals surface area contributed by atoms with Crippen LogP contribution in [0.2, 0.25) is 10.0 Å². The van der Waals surface area contributed by atoms with E-state index in [1.807, 2.05) is 30.3 Å². The van der Waals surface area contributed by atoms with Gasteiger partial charge in [-0.1, -0.05) is 23.2 Å². The van der Waals surface area contributed by atoms with Crippen LogP contribution in [0.1, 0.15) is 5.56 Å². The Morgan fingerprint density at radius 2 is 1.83 bits per heavy atom. The predicted molar refractivity (Wildman–Crippen MR) is 115 cm³/mol. The van der Waals surface area contributed by atoms with Crippen molar-refractivity contribution in [3.63, 3.8) is 0 Å². The van der Waals surface area contributed by atoms with Gasteiger partial charge in [0.15, 0.2) is 11.5 Å². The Balaban J connectivity index is 1.57. The zero-order valence-electron chi connectivity index (χ0n) is 15.2. The molecule has 0 aliphatic carbocycles. The summed E-state index contributed by atoms with van der Waals surface area (Å²) < 4.78 is 10.8. The average Bonchev–Trinajstić information content (AvgIpc) is 3.21. The highest BCUT2D eigenvalue weighted by atomic mass is 35.5. The first-order chi connectivity index (χ1) is 14.1. The van der Waals surface area contributed by atoms with Gasteiger partial charge in [0.25, 0.3) is 0 Å². The fraction of sp³-hybridized carbons (Fsp3) is 0.143. The summed E-state index contributed by atoms with van der Waals surface area (Å²) in [6.45, 7) is 0.588. The van der Waals surface area contributed by atoms with Gasteiger partial charge in [0.1, 0.15) is 0 Å². The lowest BCUT2D eigenvalue weighted by Crippen LogP contribution is -2.31. The maximum Gasteiger partial charge on any atom is 0.237 e. The Morgan fingerprint density at radius 3 is 2.66 bits per heavy atom. The quantitative estimate of drug-likeness (QED) is 0.471. The van der Waals surface area contributed by atoms with Crippen LogP contribution < -0.4 is 14.4 Å². The molecule has 1 aliphatic heterocycles. The highest BCUT2D eigenvalue weighted by Crippen LogP contribution is 2.36. The molecule has 0 unspecified atom stereocenters. The van der Waals surface area contributed by atoms with Crippen molar-refractivity contribution in [2.45, 2.75) is 11.4 Å². The smallest absolute Gasteiger partial charge is 0.237 e. The van der Waals surface area contributed by atoms with Crippen LogP contribution in [-0.2, 0) is 11.3 Å². The Hall–Kier alpha value is -2.41. The number of carbonyl (C=O) groups is 1. The van der Waals surface area contributed by atoms with Crippen LogP contribution >= 0.6 is 35.0 Å². The Morgan fingerprint density at radius 1 is 1.03 bits per heavy atom. The molecule has 8 heteroatoms. The molecule has 1 aromatic heterocycles. The number of benzene rings is 2. The van der Waals surface area contributed by atoms with E-state index in [1.54, 1.807) is 35.5 Å². The van der Waals surface area contributed by atoms with E-state index in [-0.39, 0.29) is 18.5 Å². The summed E-state index contributed by atoms with van der Waals surface area (Å²) >= 11 is 13.6. The molecule has 0 N–H and O–H groups in total. The molecule has 148 valence electrons. The third-order valence-electron chi connectivity index (χ3n) is 4.30. The van der Waals surface area contributed by atoms with Gasteiger partial charge in [0.2, 0.25) is 12.7 Å². The van der Waals surface area contributed by atoms with Crippen molar-refractivity contribution in [3.8, 4) is 11.5 Å². The predicted octanol–water partition coefficient (Wildman–Crippen LogP) is 5.44. The van der Waals surface area contributed by atoms with Crippen molar-refractivity contribution in [2.24, 2.45) is 0 Å². The molecule has 1 amide bonds. The number of thioether (sulfide) groups is 1. The summed E-state index contributed by atoms with van der Waals surface area (Å²) in [7, 11) is 0. The zero-order valence-corrected chi connectivity index (χ0v) is 17.5. The number of hydrogen-bond acceptors (Lipinski definition) is 5. The van der Waals surface area contributed by atoms with Crippen LogP contribution in [0.3, 0.4) is 0 Å². The SMILES string of the molecule is O=C(CSc1cc(Cl)ccc1Cl)N(Cc1ccncc1)c1ccc2c(c1)OCO2. The minimum absolute atomic E-state index is 0.0679. The van der Waals surface area contributed by atoms with Crippen molar-refractivity contribution in [3.05, 3.63) is 76.5 Å². The Kier molecular flexibility index (Phi) is 6.13. The van der Waals surface area contributed by atoms with Gasteiger partial charge in [0, 0.05) is 34.1 Å². The molecule has 2 heterocycles. The molecule has 2 aromatic carbocycles. The highest BCUT2D eigenvalue weighted by molar-refractivity contribution is 8.00. The fourth-order valence-electron chi connectivity index (χ4n) is 2.85. The molecule has 3 aromatic rings. The van der Waals surface area contributed by atoms with E-state index in [9.17, 15) is 4.79 Å². The van der Waals surface area contributed by atoms with Gasteiger partial charge in [-0.3, -0.25) is 9.78 Å². The van der Waals surface area contributed by atoms with Crippen LogP contribution in [0.15, 0.2) is 65.8 Å². The molecule has 0 atom stereocenters. The summed E-state index contributed by atoms with van der Waals surface area (Å²) in [5, 5.41) is 1.14. The van der Waals surface area contributed by atoms with Gasteiger partial charge in [-0.05, 0) is 48.0 Å². The molecule has 0 bridgehead atoms. The monoisotopic (exact) mass is 446 g/mol. The number of rotatable bonds is 6. The van der Waals surface area contributed by atoms with Crippen LogP contribution in [0.5, 0.6) is 11.5 Å². The van der Waals surface area contributed by atoms with Crippen LogP contribution in [0.4, 0.5) is 5.69 Å². The lowest BCUT2D eigenvalue weighted by molar-refractivity contribution is -0.116. The number of nitrogens with zero attached hydrogens (tertiary/aromatic N) is 2. The largest absolute Gasteiger partial charge is 0.454 e. The standard InChI is InChI=1S/C21H16Cl2N2O3S/c22-15-1-3-17(23)20(9-15)29-12-21(26)25(11-14-5-7-24-8-6-14)16-2-4-18-19(10-16)28-13-27-18/h1-10H,11-13H2. The van der Waals surface area contributed by atoms with Crippen molar-refractivity contribution >= 4 is 46.6 Å². The van der Waals surface area contributed by atoms with Crippen molar-refractivity contribution in [1.82, 2.24) is 4.98 Å². The molecule has 0 radical (unpaired) electrons. The molecule has 1 aliphatic rings. The van der Waals surface area contributed by atoms with E-state index in [0.717, 1.165) is 16.1 Å². The number of anilines is 1. The van der Waals surface area contributed by atoms with E-state index in [2.05, 4.69) is 4.98 Å². The summed E-state index contributed by atoms with van der Waals surface area (Å²) in [4.78, 5) is 19.7. The van der Waals surface area contributed by atoms with Crippen molar-refractivity contribution in [2.75, 3.05) is 17.4 Å². The minimum Gasteiger partial charge on any atom is -0.454 e. The molecule has 4 rings (SSSR count). The second-order valence-electron chi connectivity index (χ2n) is 6.24. The zero-order chi connectivity index (χ0) is 20.2. The fourth-order valence-corrected chi connectivity index (χ4v) is 4.22. The van der Waals surface area contributed by atoms with E-state index in [0.29, 0.717) is 28.1 Å². The second-order valence-corrected chi connectivity index (χ2v) is 8.10. The van der Waals surface area contributed by atoms with Gasteiger partial charge in [-0.2, -0.15) is 0 Å². The number of fused-ring (bicyclic) bond motifs is 1. The first kappa shape index (κ1) is 19.9. The summed E-state index contributed by atoms with van der Waals surface area (Å²) in [5.74, 6) is 1.44. The third-order valence-corrected chi connectivity index (χ3v) is 6.02. The Bertz CT molecular complexity index is 1030. The molecule has 5 nitrogen and oxygen atoms in total. The molecule has 0 fully saturated rings. The number of amides is 1. The second kappa shape index (κ2) is 8.95. The van der Waals surface area contributed by atoms with Gasteiger partial charge in [-0.25, -0.2) is 0 Å². The topological polar surface area (TPSA) is 51.7 Å². The van der Waals surface area contributed by atoms with Gasteiger partial charge >= 0.3 is 0 Å². The number of halogens is 2. The first-order valence-corrected chi connectivity index (χ1v) is 10.5. The Labute approximate surface area is 182 Å². The first-order valence-electron chi connectivity index (χ1n) is 8.77. The third kappa shape index (κ3) is 4.78. The summed E-state index contributed by atoms with van der Waals surface area (Å²) in [5.41, 5.74) is 1.70. The van der Waals surface area contributed by atoms with Gasteiger partial charge < -0.3 is 14.4 Å². The van der Waals surface area contributed by atoms with E-state index >= 15 is 0 Å². The highest BCUT2D eigenvalue weighted by Gasteiger charge is 2.21. The van der Waals surface area contributed by atoms with E-state index in [1.165, 1.54) is 11.8 Å². The maximum atomic E-state index is 13.2. The minimum atomic E-state index is -0.0679. The van der Waals surface area contributed by atoms with Crippen LogP contribution in [-0.4, -0.2) is 23.4 Å². The van der Waals surface area contributed by atoms with Gasteiger partial charge in [-0.15, -0.1) is 11.8 Å². The van der Waals surface area contributed by atoms with Crippen LogP contribution in [0, 0.1) is 0 Å². The molecule has 0 spiro atoms. The lowest BCUT2D eigenvalue weighted by Gasteiger charge is -2.23. The molecule has 0 saturated carbocycles. The molecular weight excluding hydrogens is 431 g/mol. The molecule has 0 saturated heterocycles. The lowest BCUT2D eigenvalue weighted by atomic mass is 10.2. The number of hydrogen-bond donors (Lipinski definition) is 0. The number of aromatic nitrogens is 1. The number of pyridine rings is 1. The van der Waals surface area contributed by atoms with Gasteiger partial charge in [0.05, 0.1) is 17.3 Å². The van der Waals surface area contributed by atoms with E-state index < -0.39 is 0 Å². The number of ether oxygens (including phenoxy) is 2. The summed E-state index contributed by atoms with van der Waals surface area (Å²) in [6, 6.07) is 14.5. The van der Waals surface area contributed by atoms with Crippen LogP contribution in [0.25, 0.3) is 0 Å². The van der Waals surface area contributed by atoms with Crippen molar-refractivity contribution in [1.29, 1.82) is 0 Å². The normalized spacial score (nSPS) is 12.1. The number of carbonyl (C=O) groups excluding carboxylic acids is 1. The summed E-state index contributed by atoms with van der Waals surface area (Å²) in [6.07, 6.45) is 3.41. The molecule has 29 heavy (non-hydrogen) atoms. The molecular formula is C21H16Cl2N2O3S. The van der Waals surface area contributed by atoms with Crippen molar-refractivity contribution < 1.29 is 14.3 Å². The van der Waals surface area contributed by atoms with E-state index in [4.69, 9.17) is 32.7 Å².